The molecule has 0 saturated heterocycles. The first-order valence-corrected chi connectivity index (χ1v) is 19.3. The summed E-state index contributed by atoms with van der Waals surface area (Å²) in [5.41, 5.74) is 11.7. The van der Waals surface area contributed by atoms with Crippen molar-refractivity contribution in [2.75, 3.05) is 9.91 Å². The number of benzene rings is 5. The third-order valence-electron chi connectivity index (χ3n) is 10.3. The van der Waals surface area contributed by atoms with E-state index in [4.69, 9.17) is 16.9 Å². The predicted molar refractivity (Wildman–Crippen MR) is 236 cm³/mol. The van der Waals surface area contributed by atoms with Crippen LogP contribution < -0.4 is 14.9 Å². The average molecular weight is 936 g/mol. The molecule has 7 rings (SSSR count). The third kappa shape index (κ3) is 9.54. The van der Waals surface area contributed by atoms with Gasteiger partial charge in [-0.25, -0.2) is 4.85 Å². The standard InChI is InChI=1S/C36H48N3.C14H6N3.Au/c1-33(2,3)26-18-27(34(4,5)6)21-30(20-26)38-24-39(37-32(38)25-16-14-13-15-17-25)31-22-28(35(7,8)9)19-29(23-31)36(10,11)12;1-16-10-3-5-14-12(7-10)11-6-9(8-15)2-4-13(11)17-14;/h13-24H,1-12H3;2-7H;/q2*-1;. The van der Waals surface area contributed by atoms with Crippen LogP contribution in [-0.2, 0) is 44.0 Å². The van der Waals surface area contributed by atoms with Gasteiger partial charge >= 0.3 is 0 Å². The molecule has 0 amide bonds. The maximum absolute atomic E-state index is 8.89. The van der Waals surface area contributed by atoms with E-state index >= 15 is 0 Å². The normalized spacial score (nSPS) is 13.4. The second-order valence-corrected chi connectivity index (χ2v) is 18.9. The van der Waals surface area contributed by atoms with Crippen molar-refractivity contribution in [3.05, 3.63) is 155 Å². The van der Waals surface area contributed by atoms with Gasteiger partial charge in [-0.05, 0) is 97.2 Å². The molecule has 1 aliphatic rings. The predicted octanol–water partition coefficient (Wildman–Crippen LogP) is 13.1. The molecule has 0 aliphatic carbocycles. The summed E-state index contributed by atoms with van der Waals surface area (Å²) < 4.78 is 0. The smallest absolute Gasteiger partial charge is 0.187 e. The maximum Gasteiger partial charge on any atom is 0.187 e. The monoisotopic (exact) mass is 935 g/mol. The van der Waals surface area contributed by atoms with Crippen molar-refractivity contribution in [1.29, 1.82) is 5.26 Å². The van der Waals surface area contributed by atoms with E-state index in [1.165, 1.54) is 22.3 Å². The topological polar surface area (TPSA) is 61.1 Å². The summed E-state index contributed by atoms with van der Waals surface area (Å²) in [4.78, 5) is 10.1. The molecule has 0 saturated carbocycles. The fourth-order valence-electron chi connectivity index (χ4n) is 6.62. The molecular weight excluding hydrogens is 882 g/mol. The van der Waals surface area contributed by atoms with E-state index in [9.17, 15) is 0 Å². The van der Waals surface area contributed by atoms with Crippen LogP contribution in [0.4, 0.5) is 17.1 Å². The van der Waals surface area contributed by atoms with E-state index in [0.717, 1.165) is 44.6 Å². The van der Waals surface area contributed by atoms with E-state index in [0.29, 0.717) is 11.3 Å². The maximum atomic E-state index is 8.89. The molecule has 0 unspecified atom stereocenters. The van der Waals surface area contributed by atoms with Crippen LogP contribution in [0.5, 0.6) is 0 Å². The molecule has 0 N–H and O–H groups in total. The number of hydrazone groups is 1. The molecule has 57 heavy (non-hydrogen) atoms. The quantitative estimate of drug-likeness (QED) is 0.131. The van der Waals surface area contributed by atoms with Gasteiger partial charge in [-0.1, -0.05) is 144 Å². The van der Waals surface area contributed by atoms with Crippen molar-refractivity contribution in [2.24, 2.45) is 5.10 Å². The Morgan fingerprint density at radius 1 is 0.614 bits per heavy atom. The molecule has 1 radical (unpaired) electrons. The number of nitrogens with zero attached hydrogens (tertiary/aromatic N) is 6. The molecule has 2 heterocycles. The SMILES string of the molecule is CC(C)(C)c1cc(N2[CH-]N(c3cc(C(C)(C)C)cc(C(C)(C)C)c3)C(c3ccccc3)=N2)cc(C(C)(C)C)c1.[Au].[C-]#[N+]c1ccc2[n-]c3ccc(C#N)cc3c2c1. The van der Waals surface area contributed by atoms with Gasteiger partial charge in [0, 0.05) is 39.3 Å². The number of amidine groups is 1. The first-order chi connectivity index (χ1) is 26.1. The Morgan fingerprint density at radius 3 is 1.56 bits per heavy atom. The van der Waals surface area contributed by atoms with Crippen LogP contribution in [0.3, 0.4) is 0 Å². The van der Waals surface area contributed by atoms with Gasteiger partial charge in [0.05, 0.1) is 18.2 Å². The summed E-state index contributed by atoms with van der Waals surface area (Å²) in [6.45, 7) is 36.6. The van der Waals surface area contributed by atoms with Gasteiger partial charge in [0.2, 0.25) is 0 Å². The Hall–Kier alpha value is -5.11. The first-order valence-electron chi connectivity index (χ1n) is 19.3. The van der Waals surface area contributed by atoms with E-state index in [-0.39, 0.29) is 44.0 Å². The number of hydrogen-bond donors (Lipinski definition) is 0. The van der Waals surface area contributed by atoms with Crippen molar-refractivity contribution < 1.29 is 22.4 Å². The van der Waals surface area contributed by atoms with E-state index in [1.807, 2.05) is 24.3 Å². The van der Waals surface area contributed by atoms with Crippen LogP contribution in [0, 0.1) is 24.6 Å². The zero-order valence-electron chi connectivity index (χ0n) is 35.4. The number of aromatic nitrogens is 1. The summed E-state index contributed by atoms with van der Waals surface area (Å²) in [5, 5.41) is 18.1. The summed E-state index contributed by atoms with van der Waals surface area (Å²) in [5.74, 6) is 0.931. The number of hydrogen-bond acceptors (Lipinski definition) is 4. The van der Waals surface area contributed by atoms with Crippen molar-refractivity contribution in [3.63, 3.8) is 0 Å². The van der Waals surface area contributed by atoms with Crippen molar-refractivity contribution in [3.8, 4) is 6.07 Å². The van der Waals surface area contributed by atoms with Crippen molar-refractivity contribution in [2.45, 2.75) is 105 Å². The molecule has 1 aromatic heterocycles. The average Bonchev–Trinajstić information content (AvgIpc) is 3.75. The van der Waals surface area contributed by atoms with Gasteiger partial charge in [-0.2, -0.15) is 10.4 Å². The second-order valence-electron chi connectivity index (χ2n) is 18.9. The van der Waals surface area contributed by atoms with Gasteiger partial charge in [0.25, 0.3) is 0 Å². The molecule has 0 atom stereocenters. The fraction of sp³-hybridized carbons (Fsp3) is 0.320. The Bertz CT molecular complexity index is 2390. The van der Waals surface area contributed by atoms with Crippen LogP contribution in [0.15, 0.2) is 108 Å². The van der Waals surface area contributed by atoms with Crippen LogP contribution >= 0.6 is 0 Å². The van der Waals surface area contributed by atoms with Crippen LogP contribution in [0.1, 0.15) is 116 Å². The zero-order chi connectivity index (χ0) is 40.8. The second kappa shape index (κ2) is 16.0. The Kier molecular flexibility index (Phi) is 12.1. The van der Waals surface area contributed by atoms with Crippen LogP contribution in [0.2, 0.25) is 0 Å². The number of anilines is 2. The third-order valence-corrected chi connectivity index (χ3v) is 10.3. The molecule has 297 valence electrons. The minimum Gasteiger partial charge on any atom is -0.657 e. The van der Waals surface area contributed by atoms with Crippen molar-refractivity contribution >= 4 is 44.7 Å². The Balaban J connectivity index is 0.000000286. The molecule has 6 nitrogen and oxygen atoms in total. The molecule has 0 bridgehead atoms. The molecule has 7 heteroatoms. The van der Waals surface area contributed by atoms with Gasteiger partial charge < -0.3 is 14.9 Å². The molecule has 0 spiro atoms. The van der Waals surface area contributed by atoms with Crippen LogP contribution in [0.25, 0.3) is 26.7 Å². The molecule has 1 aliphatic heterocycles. The van der Waals surface area contributed by atoms with E-state index in [2.05, 4.69) is 182 Å². The minimum absolute atomic E-state index is 0. The summed E-state index contributed by atoms with van der Waals surface area (Å²) >= 11 is 0. The van der Waals surface area contributed by atoms with Gasteiger partial charge in [0.1, 0.15) is 5.84 Å². The number of nitriles is 1. The van der Waals surface area contributed by atoms with Gasteiger partial charge in [-0.3, -0.25) is 0 Å². The van der Waals surface area contributed by atoms with Crippen molar-refractivity contribution in [1.82, 2.24) is 4.98 Å². The minimum atomic E-state index is 0. The summed E-state index contributed by atoms with van der Waals surface area (Å²) in [7, 11) is 0. The van der Waals surface area contributed by atoms with Gasteiger partial charge in [0.15, 0.2) is 5.69 Å². The van der Waals surface area contributed by atoms with E-state index in [1.54, 1.807) is 12.1 Å². The fourth-order valence-corrected chi connectivity index (χ4v) is 6.62. The Morgan fingerprint density at radius 2 is 1.09 bits per heavy atom. The van der Waals surface area contributed by atoms with Crippen LogP contribution in [-0.4, -0.2) is 5.84 Å². The summed E-state index contributed by atoms with van der Waals surface area (Å²) in [6, 6.07) is 37.5. The van der Waals surface area contributed by atoms with Gasteiger partial charge in [-0.15, -0.1) is 17.7 Å². The first kappa shape index (κ1) is 43.0. The summed E-state index contributed by atoms with van der Waals surface area (Å²) in [6.07, 6.45) is 0. The zero-order valence-corrected chi connectivity index (χ0v) is 37.5. The Labute approximate surface area is 355 Å². The number of rotatable bonds is 3. The largest absolute Gasteiger partial charge is 0.657 e. The molecule has 5 aromatic carbocycles. The molecule has 6 aromatic rings. The molecular formula is C50H54AuN6-2. The van der Waals surface area contributed by atoms with E-state index < -0.39 is 0 Å². The number of fused-ring (bicyclic) bond motifs is 3. The molecule has 0 fully saturated rings.